The van der Waals surface area contributed by atoms with Gasteiger partial charge in [-0.1, -0.05) is 0 Å². The molecule has 1 N–H and O–H groups in total. The Hall–Kier alpha value is -2.96. The van der Waals surface area contributed by atoms with E-state index in [9.17, 15) is 14.7 Å². The lowest BCUT2D eigenvalue weighted by atomic mass is 10.0. The van der Waals surface area contributed by atoms with Crippen LogP contribution in [0.3, 0.4) is 0 Å². The lowest BCUT2D eigenvalue weighted by Gasteiger charge is -2.19. The van der Waals surface area contributed by atoms with Crippen molar-refractivity contribution in [3.63, 3.8) is 0 Å². The molecular formula is C18H17NO6. The smallest absolute Gasteiger partial charge is 0.339 e. The zero-order valence-electron chi connectivity index (χ0n) is 13.7. The van der Waals surface area contributed by atoms with Gasteiger partial charge in [-0.15, -0.1) is 0 Å². The van der Waals surface area contributed by atoms with Crippen LogP contribution in [0.25, 0.3) is 11.3 Å². The predicted molar refractivity (Wildman–Crippen MR) is 87.2 cm³/mol. The van der Waals surface area contributed by atoms with Gasteiger partial charge in [0.1, 0.15) is 0 Å². The summed E-state index contributed by atoms with van der Waals surface area (Å²) < 4.78 is 17.6. The Bertz CT molecular complexity index is 882. The molecule has 25 heavy (non-hydrogen) atoms. The predicted octanol–water partition coefficient (Wildman–Crippen LogP) is 2.70. The quantitative estimate of drug-likeness (QED) is 0.862. The summed E-state index contributed by atoms with van der Waals surface area (Å²) in [4.78, 5) is 23.9. The molecule has 0 amide bonds. The Morgan fingerprint density at radius 3 is 2.60 bits per heavy atom. The molecule has 0 radical (unpaired) electrons. The highest BCUT2D eigenvalue weighted by atomic mass is 16.7. The van der Waals surface area contributed by atoms with Crippen LogP contribution in [0.1, 0.15) is 39.3 Å². The lowest BCUT2D eigenvalue weighted by molar-refractivity contribution is 0.0598. The number of rotatable bonds is 3. The zero-order valence-corrected chi connectivity index (χ0v) is 13.7. The van der Waals surface area contributed by atoms with Crippen LogP contribution in [0.15, 0.2) is 18.2 Å². The number of benzene rings is 1. The van der Waals surface area contributed by atoms with Gasteiger partial charge in [-0.2, -0.15) is 0 Å². The molecule has 0 bridgehead atoms. The van der Waals surface area contributed by atoms with Gasteiger partial charge in [-0.3, -0.25) is 0 Å². The Morgan fingerprint density at radius 2 is 1.88 bits per heavy atom. The van der Waals surface area contributed by atoms with E-state index in [1.165, 1.54) is 13.2 Å². The Balaban J connectivity index is 1.95. The van der Waals surface area contributed by atoms with Gasteiger partial charge in [0.2, 0.25) is 6.79 Å². The molecule has 130 valence electrons. The van der Waals surface area contributed by atoms with Crippen molar-refractivity contribution in [1.82, 2.24) is 4.57 Å². The van der Waals surface area contributed by atoms with Gasteiger partial charge in [0.05, 0.1) is 23.9 Å². The number of carbonyl (C=O) groups excluding carboxylic acids is 1. The minimum Gasteiger partial charge on any atom is -0.478 e. The summed E-state index contributed by atoms with van der Waals surface area (Å²) in [7, 11) is 1.35. The molecule has 0 saturated heterocycles. The SMILES string of the molecule is COC(=O)c1cc(-c2cc3c(cc2C(=O)O)OCO3)n2c1CCCC2. The molecule has 0 atom stereocenters. The second-order valence-corrected chi connectivity index (χ2v) is 6.05. The summed E-state index contributed by atoms with van der Waals surface area (Å²) in [5.74, 6) is -0.542. The van der Waals surface area contributed by atoms with E-state index in [1.54, 1.807) is 12.1 Å². The number of carboxylic acid groups (broad SMARTS) is 1. The Morgan fingerprint density at radius 1 is 1.12 bits per heavy atom. The van der Waals surface area contributed by atoms with Gasteiger partial charge >= 0.3 is 11.9 Å². The van der Waals surface area contributed by atoms with E-state index >= 15 is 0 Å². The molecule has 2 aliphatic rings. The maximum absolute atomic E-state index is 12.1. The number of carboxylic acids is 1. The minimum atomic E-state index is -1.06. The third-order valence-electron chi connectivity index (χ3n) is 4.68. The third-order valence-corrected chi connectivity index (χ3v) is 4.68. The van der Waals surface area contributed by atoms with Gasteiger partial charge in [-0.05, 0) is 37.5 Å². The summed E-state index contributed by atoms with van der Waals surface area (Å²) in [5.41, 5.74) is 2.70. The van der Waals surface area contributed by atoms with Gasteiger partial charge in [0, 0.05) is 17.8 Å². The highest BCUT2D eigenvalue weighted by molar-refractivity contribution is 5.99. The average molecular weight is 343 g/mol. The number of carbonyl (C=O) groups is 2. The molecule has 0 fully saturated rings. The van der Waals surface area contributed by atoms with Crippen LogP contribution in [0, 0.1) is 0 Å². The van der Waals surface area contributed by atoms with E-state index in [1.807, 2.05) is 4.57 Å². The number of aromatic nitrogens is 1. The first-order valence-electron chi connectivity index (χ1n) is 8.08. The topological polar surface area (TPSA) is 87.0 Å². The molecule has 3 heterocycles. The molecule has 2 aliphatic heterocycles. The van der Waals surface area contributed by atoms with Crippen molar-refractivity contribution in [3.8, 4) is 22.8 Å². The van der Waals surface area contributed by atoms with Crippen LogP contribution in [0.4, 0.5) is 0 Å². The summed E-state index contributed by atoms with van der Waals surface area (Å²) in [5, 5.41) is 9.63. The molecule has 1 aromatic heterocycles. The number of hydrogen-bond donors (Lipinski definition) is 1. The third kappa shape index (κ3) is 2.43. The van der Waals surface area contributed by atoms with Gasteiger partial charge in [0.25, 0.3) is 0 Å². The van der Waals surface area contributed by atoms with Crippen LogP contribution in [-0.2, 0) is 17.7 Å². The fourth-order valence-electron chi connectivity index (χ4n) is 3.52. The van der Waals surface area contributed by atoms with Gasteiger partial charge < -0.3 is 23.9 Å². The van der Waals surface area contributed by atoms with Crippen LogP contribution >= 0.6 is 0 Å². The molecule has 0 unspecified atom stereocenters. The summed E-state index contributed by atoms with van der Waals surface area (Å²) >= 11 is 0. The minimum absolute atomic E-state index is 0.0670. The van der Waals surface area contributed by atoms with Crippen molar-refractivity contribution in [2.24, 2.45) is 0 Å². The number of hydrogen-bond acceptors (Lipinski definition) is 5. The van der Waals surface area contributed by atoms with E-state index in [-0.39, 0.29) is 12.4 Å². The van der Waals surface area contributed by atoms with Crippen molar-refractivity contribution in [2.75, 3.05) is 13.9 Å². The summed E-state index contributed by atoms with van der Waals surface area (Å²) in [6, 6.07) is 4.86. The number of nitrogens with zero attached hydrogens (tertiary/aromatic N) is 1. The fourth-order valence-corrected chi connectivity index (χ4v) is 3.52. The Labute approximate surface area is 143 Å². The monoisotopic (exact) mass is 343 g/mol. The van der Waals surface area contributed by atoms with E-state index in [0.29, 0.717) is 28.3 Å². The maximum atomic E-state index is 12.1. The number of methoxy groups -OCH3 is 1. The zero-order chi connectivity index (χ0) is 17.6. The molecule has 4 rings (SSSR count). The van der Waals surface area contributed by atoms with Crippen molar-refractivity contribution in [3.05, 3.63) is 35.0 Å². The number of aromatic carboxylic acids is 1. The molecule has 0 spiro atoms. The van der Waals surface area contributed by atoms with Crippen molar-refractivity contribution in [2.45, 2.75) is 25.8 Å². The molecular weight excluding hydrogens is 326 g/mol. The van der Waals surface area contributed by atoms with Crippen LogP contribution in [0.2, 0.25) is 0 Å². The number of ether oxygens (including phenoxy) is 3. The second kappa shape index (κ2) is 5.84. The second-order valence-electron chi connectivity index (χ2n) is 6.05. The summed E-state index contributed by atoms with van der Waals surface area (Å²) in [6.07, 6.45) is 2.72. The first-order chi connectivity index (χ1) is 12.1. The first kappa shape index (κ1) is 15.6. The lowest BCUT2D eigenvalue weighted by Crippen LogP contribution is -2.14. The molecule has 1 aromatic carbocycles. The molecule has 0 aliphatic carbocycles. The van der Waals surface area contributed by atoms with Gasteiger partial charge in [-0.25, -0.2) is 9.59 Å². The molecule has 0 saturated carbocycles. The van der Waals surface area contributed by atoms with Crippen LogP contribution in [-0.4, -0.2) is 35.5 Å². The standard InChI is InChI=1S/C18H17NO6/c1-23-18(22)12-6-14(19-5-3-2-4-13(12)19)10-7-15-16(25-9-24-15)8-11(10)17(20)21/h6-8H,2-5,9H2,1H3,(H,20,21). The van der Waals surface area contributed by atoms with Crippen molar-refractivity contribution >= 4 is 11.9 Å². The van der Waals surface area contributed by atoms with E-state index in [4.69, 9.17) is 14.2 Å². The van der Waals surface area contributed by atoms with E-state index in [0.717, 1.165) is 31.5 Å². The van der Waals surface area contributed by atoms with E-state index < -0.39 is 11.9 Å². The normalized spacial score (nSPS) is 14.9. The molecule has 7 heteroatoms. The first-order valence-corrected chi connectivity index (χ1v) is 8.08. The number of esters is 1. The summed E-state index contributed by atoms with van der Waals surface area (Å²) in [6.45, 7) is 0.798. The fraction of sp³-hybridized carbons (Fsp3) is 0.333. The maximum Gasteiger partial charge on any atom is 0.339 e. The van der Waals surface area contributed by atoms with Crippen molar-refractivity contribution < 1.29 is 28.9 Å². The highest BCUT2D eigenvalue weighted by Gasteiger charge is 2.28. The van der Waals surface area contributed by atoms with Gasteiger partial charge in [0.15, 0.2) is 11.5 Å². The largest absolute Gasteiger partial charge is 0.478 e. The molecule has 2 aromatic rings. The van der Waals surface area contributed by atoms with Crippen LogP contribution in [0.5, 0.6) is 11.5 Å². The van der Waals surface area contributed by atoms with E-state index in [2.05, 4.69) is 0 Å². The Kier molecular flexibility index (Phi) is 3.63. The van der Waals surface area contributed by atoms with Crippen LogP contribution < -0.4 is 9.47 Å². The highest BCUT2D eigenvalue weighted by Crippen LogP contribution is 2.40. The number of fused-ring (bicyclic) bond motifs is 2. The van der Waals surface area contributed by atoms with Crippen molar-refractivity contribution in [1.29, 1.82) is 0 Å². The average Bonchev–Trinajstić information content (AvgIpc) is 3.23. The molecule has 7 nitrogen and oxygen atoms in total.